The molecule has 5 heteroatoms. The highest BCUT2D eigenvalue weighted by Crippen LogP contribution is 2.25. The van der Waals surface area contributed by atoms with Crippen LogP contribution in [0.5, 0.6) is 0 Å². The van der Waals surface area contributed by atoms with Crippen LogP contribution < -0.4 is 0 Å². The summed E-state index contributed by atoms with van der Waals surface area (Å²) >= 11 is 0. The van der Waals surface area contributed by atoms with Crippen molar-refractivity contribution in [1.82, 2.24) is 9.88 Å². The molecule has 2 atom stereocenters. The van der Waals surface area contributed by atoms with E-state index in [0.717, 1.165) is 6.42 Å². The first-order valence-corrected chi connectivity index (χ1v) is 6.64. The van der Waals surface area contributed by atoms with Gasteiger partial charge in [-0.25, -0.2) is 0 Å². The predicted molar refractivity (Wildman–Crippen MR) is 73.9 cm³/mol. The highest BCUT2D eigenvalue weighted by molar-refractivity contribution is 5.94. The molecule has 0 spiro atoms. The molecule has 0 aromatic carbocycles. The predicted octanol–water partition coefficient (Wildman–Crippen LogP) is 0.268. The SMILES string of the molecule is CC1CCN(C(=O)c2cncc(C#CCO)c2)C1CO. The lowest BCUT2D eigenvalue weighted by Crippen LogP contribution is -2.39. The van der Waals surface area contributed by atoms with Crippen molar-refractivity contribution in [2.24, 2.45) is 5.92 Å². The van der Waals surface area contributed by atoms with Gasteiger partial charge < -0.3 is 15.1 Å². The Kier molecular flexibility index (Phi) is 4.72. The molecule has 20 heavy (non-hydrogen) atoms. The van der Waals surface area contributed by atoms with Gasteiger partial charge in [-0.2, -0.15) is 0 Å². The maximum Gasteiger partial charge on any atom is 0.255 e. The second-order valence-corrected chi connectivity index (χ2v) is 4.94. The summed E-state index contributed by atoms with van der Waals surface area (Å²) in [5.41, 5.74) is 1.06. The van der Waals surface area contributed by atoms with Crippen LogP contribution in [-0.2, 0) is 0 Å². The van der Waals surface area contributed by atoms with E-state index in [9.17, 15) is 9.90 Å². The number of carbonyl (C=O) groups excluding carboxylic acids is 1. The van der Waals surface area contributed by atoms with Gasteiger partial charge >= 0.3 is 0 Å². The fourth-order valence-corrected chi connectivity index (χ4v) is 2.47. The van der Waals surface area contributed by atoms with E-state index < -0.39 is 0 Å². The first kappa shape index (κ1) is 14.5. The normalized spacial score (nSPS) is 21.4. The van der Waals surface area contributed by atoms with E-state index >= 15 is 0 Å². The smallest absolute Gasteiger partial charge is 0.255 e. The number of aromatic nitrogens is 1. The number of aliphatic hydroxyl groups is 2. The molecule has 2 heterocycles. The third-order valence-electron chi connectivity index (χ3n) is 3.63. The molecule has 0 saturated carbocycles. The van der Waals surface area contributed by atoms with Crippen LogP contribution in [0.15, 0.2) is 18.5 Å². The molecule has 2 rings (SSSR count). The zero-order valence-electron chi connectivity index (χ0n) is 11.4. The maximum atomic E-state index is 12.5. The number of amides is 1. The van der Waals surface area contributed by atoms with Crippen LogP contribution in [0.4, 0.5) is 0 Å². The highest BCUT2D eigenvalue weighted by Gasteiger charge is 2.34. The Labute approximate surface area is 118 Å². The van der Waals surface area contributed by atoms with Gasteiger partial charge in [0.15, 0.2) is 0 Å². The molecule has 2 unspecified atom stereocenters. The number of carbonyl (C=O) groups is 1. The van der Waals surface area contributed by atoms with Gasteiger partial charge in [-0.05, 0) is 18.4 Å². The Morgan fingerprint density at radius 1 is 1.50 bits per heavy atom. The molecule has 106 valence electrons. The van der Waals surface area contributed by atoms with Gasteiger partial charge in [0.05, 0.1) is 18.2 Å². The number of nitrogens with zero attached hydrogens (tertiary/aromatic N) is 2. The van der Waals surface area contributed by atoms with Crippen LogP contribution >= 0.6 is 0 Å². The van der Waals surface area contributed by atoms with Gasteiger partial charge in [0, 0.05) is 24.5 Å². The Hall–Kier alpha value is -1.90. The van der Waals surface area contributed by atoms with Crippen LogP contribution in [0.25, 0.3) is 0 Å². The average Bonchev–Trinajstić information content (AvgIpc) is 2.85. The van der Waals surface area contributed by atoms with E-state index in [2.05, 4.69) is 16.8 Å². The molecule has 1 aromatic heterocycles. The number of pyridine rings is 1. The van der Waals surface area contributed by atoms with E-state index in [1.807, 2.05) is 6.92 Å². The molecule has 1 fully saturated rings. The quantitative estimate of drug-likeness (QED) is 0.759. The molecule has 0 radical (unpaired) electrons. The largest absolute Gasteiger partial charge is 0.394 e. The van der Waals surface area contributed by atoms with Crippen molar-refractivity contribution in [3.05, 3.63) is 29.6 Å². The molecule has 5 nitrogen and oxygen atoms in total. The van der Waals surface area contributed by atoms with Gasteiger partial charge in [-0.15, -0.1) is 0 Å². The van der Waals surface area contributed by atoms with Crippen molar-refractivity contribution < 1.29 is 15.0 Å². The molecule has 0 aliphatic carbocycles. The minimum absolute atomic E-state index is 0.0235. The number of rotatable bonds is 2. The highest BCUT2D eigenvalue weighted by atomic mass is 16.3. The lowest BCUT2D eigenvalue weighted by atomic mass is 10.0. The summed E-state index contributed by atoms with van der Waals surface area (Å²) in [4.78, 5) is 18.2. The fraction of sp³-hybridized carbons (Fsp3) is 0.467. The molecular weight excluding hydrogens is 256 g/mol. The van der Waals surface area contributed by atoms with E-state index in [-0.39, 0.29) is 25.2 Å². The standard InChI is InChI=1S/C15H18N2O3/c1-11-4-5-17(14(11)10-19)15(20)13-7-12(3-2-6-18)8-16-9-13/h7-9,11,14,18-19H,4-6,10H2,1H3. The van der Waals surface area contributed by atoms with E-state index in [4.69, 9.17) is 5.11 Å². The Bertz CT molecular complexity index is 548. The van der Waals surface area contributed by atoms with Crippen molar-refractivity contribution in [2.75, 3.05) is 19.8 Å². The van der Waals surface area contributed by atoms with Crippen LogP contribution in [-0.4, -0.2) is 51.8 Å². The van der Waals surface area contributed by atoms with Crippen LogP contribution in [0.3, 0.4) is 0 Å². The van der Waals surface area contributed by atoms with Gasteiger partial charge in [-0.3, -0.25) is 9.78 Å². The summed E-state index contributed by atoms with van der Waals surface area (Å²) in [5, 5.41) is 18.1. The third-order valence-corrected chi connectivity index (χ3v) is 3.63. The Balaban J connectivity index is 2.21. The fourth-order valence-electron chi connectivity index (χ4n) is 2.47. The molecule has 1 aromatic rings. The topological polar surface area (TPSA) is 73.7 Å². The third kappa shape index (κ3) is 2.98. The minimum atomic E-state index is -0.228. The van der Waals surface area contributed by atoms with Gasteiger partial charge in [0.2, 0.25) is 0 Å². The zero-order chi connectivity index (χ0) is 14.5. The summed E-state index contributed by atoms with van der Waals surface area (Å²) in [6, 6.07) is 1.53. The van der Waals surface area contributed by atoms with Crippen molar-refractivity contribution in [2.45, 2.75) is 19.4 Å². The van der Waals surface area contributed by atoms with Crippen LogP contribution in [0.1, 0.15) is 29.3 Å². The molecular formula is C15H18N2O3. The van der Waals surface area contributed by atoms with E-state index in [1.54, 1.807) is 17.2 Å². The maximum absolute atomic E-state index is 12.5. The van der Waals surface area contributed by atoms with Gasteiger partial charge in [-0.1, -0.05) is 18.8 Å². The van der Waals surface area contributed by atoms with Crippen molar-refractivity contribution in [1.29, 1.82) is 0 Å². The average molecular weight is 274 g/mol. The van der Waals surface area contributed by atoms with Crippen LogP contribution in [0, 0.1) is 17.8 Å². The second-order valence-electron chi connectivity index (χ2n) is 4.94. The minimum Gasteiger partial charge on any atom is -0.394 e. The van der Waals surface area contributed by atoms with E-state index in [1.165, 1.54) is 6.20 Å². The second kappa shape index (κ2) is 6.51. The molecule has 1 amide bonds. The summed E-state index contributed by atoms with van der Waals surface area (Å²) < 4.78 is 0. The summed E-state index contributed by atoms with van der Waals surface area (Å²) in [5.74, 6) is 5.43. The first-order valence-electron chi connectivity index (χ1n) is 6.64. The Morgan fingerprint density at radius 3 is 3.00 bits per heavy atom. The summed E-state index contributed by atoms with van der Waals surface area (Å²) in [6.07, 6.45) is 3.95. The molecule has 1 aliphatic heterocycles. The summed E-state index contributed by atoms with van der Waals surface area (Å²) in [7, 11) is 0. The number of hydrogen-bond acceptors (Lipinski definition) is 4. The lowest BCUT2D eigenvalue weighted by molar-refractivity contribution is 0.0647. The zero-order valence-corrected chi connectivity index (χ0v) is 11.4. The number of hydrogen-bond donors (Lipinski definition) is 2. The van der Waals surface area contributed by atoms with Crippen molar-refractivity contribution in [3.63, 3.8) is 0 Å². The van der Waals surface area contributed by atoms with E-state index in [0.29, 0.717) is 23.6 Å². The molecule has 1 saturated heterocycles. The van der Waals surface area contributed by atoms with Crippen molar-refractivity contribution >= 4 is 5.91 Å². The summed E-state index contributed by atoms with van der Waals surface area (Å²) in [6.45, 7) is 2.44. The van der Waals surface area contributed by atoms with Gasteiger partial charge in [0.1, 0.15) is 6.61 Å². The monoisotopic (exact) mass is 274 g/mol. The first-order chi connectivity index (χ1) is 9.67. The molecule has 0 bridgehead atoms. The number of likely N-dealkylation sites (tertiary alicyclic amines) is 1. The molecule has 2 N–H and O–H groups in total. The van der Waals surface area contributed by atoms with Gasteiger partial charge in [0.25, 0.3) is 5.91 Å². The Morgan fingerprint density at radius 2 is 2.30 bits per heavy atom. The van der Waals surface area contributed by atoms with Crippen LogP contribution in [0.2, 0.25) is 0 Å². The lowest BCUT2D eigenvalue weighted by Gasteiger charge is -2.25. The number of aliphatic hydroxyl groups excluding tert-OH is 2. The van der Waals surface area contributed by atoms with Crippen molar-refractivity contribution in [3.8, 4) is 11.8 Å². The molecule has 1 aliphatic rings.